The standard InChI is InChI=1S/C33H34N4O3S/c1-20-11-12-23(32(38)39)19-29(20)36-21(2)18-27(22(36)3)31-30(28-10-6-7-17-34-28)35-33(41)37(31)24-13-15-26(16-14-24)40-25-8-4-5-9-25/h6-7,10-19,25,30-31H,4-5,8-9H2,1-3H3,(H,35,41)(H,38,39)/t30-,31+/m0/s1. The smallest absolute Gasteiger partial charge is 0.335 e. The van der Waals surface area contributed by atoms with Gasteiger partial charge in [0.2, 0.25) is 0 Å². The average Bonchev–Trinajstić information content (AvgIpc) is 3.68. The number of carboxylic acids is 1. The van der Waals surface area contributed by atoms with E-state index < -0.39 is 5.97 Å². The van der Waals surface area contributed by atoms with Crippen molar-refractivity contribution < 1.29 is 14.6 Å². The molecule has 0 unspecified atom stereocenters. The van der Waals surface area contributed by atoms with Gasteiger partial charge in [-0.15, -0.1) is 0 Å². The maximum Gasteiger partial charge on any atom is 0.335 e. The van der Waals surface area contributed by atoms with Gasteiger partial charge in [-0.05, 0) is 124 Å². The lowest BCUT2D eigenvalue weighted by molar-refractivity contribution is 0.0697. The molecule has 2 aromatic heterocycles. The Morgan fingerprint density at radius 2 is 1.78 bits per heavy atom. The van der Waals surface area contributed by atoms with Crippen LogP contribution in [0.1, 0.15) is 76.3 Å². The summed E-state index contributed by atoms with van der Waals surface area (Å²) in [5.41, 5.74) is 7.12. The Morgan fingerprint density at radius 1 is 1.02 bits per heavy atom. The highest BCUT2D eigenvalue weighted by molar-refractivity contribution is 7.80. The number of rotatable bonds is 7. The Labute approximate surface area is 245 Å². The van der Waals surface area contributed by atoms with Gasteiger partial charge in [0.25, 0.3) is 0 Å². The fourth-order valence-electron chi connectivity index (χ4n) is 6.27. The first-order valence-electron chi connectivity index (χ1n) is 14.1. The molecule has 8 heteroatoms. The second-order valence-electron chi connectivity index (χ2n) is 11.0. The van der Waals surface area contributed by atoms with Gasteiger partial charge in [-0.3, -0.25) is 4.98 Å². The van der Waals surface area contributed by atoms with Crippen LogP contribution in [0.4, 0.5) is 5.69 Å². The van der Waals surface area contributed by atoms with E-state index in [9.17, 15) is 9.90 Å². The van der Waals surface area contributed by atoms with Crippen molar-refractivity contribution >= 4 is 29.0 Å². The topological polar surface area (TPSA) is 79.6 Å². The third-order valence-electron chi connectivity index (χ3n) is 8.30. The molecule has 2 atom stereocenters. The van der Waals surface area contributed by atoms with Crippen molar-refractivity contribution in [2.75, 3.05) is 4.90 Å². The van der Waals surface area contributed by atoms with Crippen molar-refractivity contribution in [3.8, 4) is 11.4 Å². The van der Waals surface area contributed by atoms with Crippen LogP contribution in [0.15, 0.2) is 72.9 Å². The van der Waals surface area contributed by atoms with Crippen LogP contribution in [-0.2, 0) is 0 Å². The zero-order valence-corrected chi connectivity index (χ0v) is 24.3. The summed E-state index contributed by atoms with van der Waals surface area (Å²) in [6, 6.07) is 21.2. The molecule has 41 heavy (non-hydrogen) atoms. The minimum absolute atomic E-state index is 0.179. The molecule has 1 aliphatic carbocycles. The van der Waals surface area contributed by atoms with Gasteiger partial charge in [0.1, 0.15) is 5.75 Å². The molecular weight excluding hydrogens is 532 g/mol. The SMILES string of the molecule is Cc1ccc(C(=O)O)cc1-n1c(C)cc([C@@H]2[C@H](c3ccccn3)NC(=S)N2c2ccc(OC3CCCC3)cc2)c1C. The minimum atomic E-state index is -0.943. The summed E-state index contributed by atoms with van der Waals surface area (Å²) in [5, 5.41) is 13.8. The Hall–Kier alpha value is -4.17. The highest BCUT2D eigenvalue weighted by atomic mass is 32.1. The van der Waals surface area contributed by atoms with Gasteiger partial charge >= 0.3 is 5.97 Å². The van der Waals surface area contributed by atoms with Crippen LogP contribution in [0, 0.1) is 20.8 Å². The number of thiocarbonyl (C=S) groups is 1. The number of anilines is 1. The van der Waals surface area contributed by atoms with Crippen molar-refractivity contribution in [1.82, 2.24) is 14.9 Å². The maximum atomic E-state index is 11.8. The van der Waals surface area contributed by atoms with Gasteiger partial charge in [0.05, 0.1) is 29.4 Å². The second-order valence-corrected chi connectivity index (χ2v) is 11.4. The molecule has 2 fully saturated rings. The molecule has 2 aromatic carbocycles. The molecule has 4 aromatic rings. The maximum absolute atomic E-state index is 11.8. The number of hydrogen-bond acceptors (Lipinski definition) is 4. The lowest BCUT2D eigenvalue weighted by Gasteiger charge is -2.28. The van der Waals surface area contributed by atoms with Gasteiger partial charge < -0.3 is 24.6 Å². The first-order chi connectivity index (χ1) is 19.8. The summed E-state index contributed by atoms with van der Waals surface area (Å²) in [6.45, 7) is 6.14. The van der Waals surface area contributed by atoms with E-state index in [-0.39, 0.29) is 17.6 Å². The number of carboxylic acid groups (broad SMARTS) is 1. The van der Waals surface area contributed by atoms with Crippen LogP contribution >= 0.6 is 12.2 Å². The summed E-state index contributed by atoms with van der Waals surface area (Å²) in [4.78, 5) is 18.6. The number of aryl methyl sites for hydroxylation is 2. The number of nitrogens with one attached hydrogen (secondary N) is 1. The van der Waals surface area contributed by atoms with Gasteiger partial charge in [0, 0.05) is 29.0 Å². The van der Waals surface area contributed by atoms with Crippen LogP contribution in [-0.4, -0.2) is 31.8 Å². The largest absolute Gasteiger partial charge is 0.490 e. The number of aromatic carboxylic acids is 1. The monoisotopic (exact) mass is 566 g/mol. The summed E-state index contributed by atoms with van der Waals surface area (Å²) >= 11 is 5.95. The Kier molecular flexibility index (Phi) is 7.26. The summed E-state index contributed by atoms with van der Waals surface area (Å²) in [7, 11) is 0. The molecular formula is C33H34N4O3S. The van der Waals surface area contributed by atoms with Crippen molar-refractivity contribution in [2.45, 2.75) is 64.6 Å². The molecule has 7 nitrogen and oxygen atoms in total. The zero-order chi connectivity index (χ0) is 28.7. The fourth-order valence-corrected chi connectivity index (χ4v) is 6.62. The van der Waals surface area contributed by atoms with E-state index in [0.29, 0.717) is 11.2 Å². The molecule has 1 saturated heterocycles. The first kappa shape index (κ1) is 27.0. The molecule has 1 saturated carbocycles. The summed E-state index contributed by atoms with van der Waals surface area (Å²) in [5.74, 6) is -0.0652. The summed E-state index contributed by atoms with van der Waals surface area (Å²) in [6.07, 6.45) is 6.78. The predicted molar refractivity (Wildman–Crippen MR) is 164 cm³/mol. The van der Waals surface area contributed by atoms with Gasteiger partial charge in [-0.1, -0.05) is 12.1 Å². The molecule has 6 rings (SSSR count). The first-order valence-corrected chi connectivity index (χ1v) is 14.5. The van der Waals surface area contributed by atoms with Crippen LogP contribution in [0.3, 0.4) is 0 Å². The molecule has 3 heterocycles. The van der Waals surface area contributed by atoms with Gasteiger partial charge in [-0.25, -0.2) is 4.79 Å². The van der Waals surface area contributed by atoms with Crippen LogP contribution in [0.2, 0.25) is 0 Å². The van der Waals surface area contributed by atoms with Crippen molar-refractivity contribution in [1.29, 1.82) is 0 Å². The van der Waals surface area contributed by atoms with E-state index in [0.717, 1.165) is 58.2 Å². The number of carbonyl (C=O) groups is 1. The zero-order valence-electron chi connectivity index (χ0n) is 23.5. The van der Waals surface area contributed by atoms with Crippen LogP contribution in [0.25, 0.3) is 5.69 Å². The highest BCUT2D eigenvalue weighted by Gasteiger charge is 2.42. The van der Waals surface area contributed by atoms with Gasteiger partial charge in [0.15, 0.2) is 5.11 Å². The summed E-state index contributed by atoms with van der Waals surface area (Å²) < 4.78 is 8.37. The molecule has 0 spiro atoms. The van der Waals surface area contributed by atoms with E-state index in [4.69, 9.17) is 21.9 Å². The van der Waals surface area contributed by atoms with E-state index in [1.165, 1.54) is 12.8 Å². The number of aromatic nitrogens is 2. The van der Waals surface area contributed by atoms with E-state index in [1.54, 1.807) is 18.3 Å². The average molecular weight is 567 g/mol. The third-order valence-corrected chi connectivity index (χ3v) is 8.62. The molecule has 2 N–H and O–H groups in total. The molecule has 1 aliphatic heterocycles. The predicted octanol–water partition coefficient (Wildman–Crippen LogP) is 6.99. The number of nitrogens with zero attached hydrogens (tertiary/aromatic N) is 3. The van der Waals surface area contributed by atoms with Crippen LogP contribution in [0.5, 0.6) is 5.75 Å². The molecule has 0 radical (unpaired) electrons. The van der Waals surface area contributed by atoms with E-state index >= 15 is 0 Å². The van der Waals surface area contributed by atoms with Crippen molar-refractivity contribution in [2.24, 2.45) is 0 Å². The van der Waals surface area contributed by atoms with Gasteiger partial charge in [-0.2, -0.15) is 0 Å². The lowest BCUT2D eigenvalue weighted by Crippen LogP contribution is -2.29. The Bertz CT molecular complexity index is 1590. The second kappa shape index (κ2) is 11.0. The molecule has 210 valence electrons. The van der Waals surface area contributed by atoms with Crippen molar-refractivity contribution in [3.05, 3.63) is 107 Å². The van der Waals surface area contributed by atoms with E-state index in [2.05, 4.69) is 46.8 Å². The molecule has 0 bridgehead atoms. The minimum Gasteiger partial charge on any atom is -0.490 e. The number of hydrogen-bond donors (Lipinski definition) is 2. The highest BCUT2D eigenvalue weighted by Crippen LogP contribution is 2.44. The number of pyridine rings is 1. The van der Waals surface area contributed by atoms with Crippen LogP contribution < -0.4 is 15.0 Å². The van der Waals surface area contributed by atoms with E-state index in [1.807, 2.05) is 43.3 Å². The number of ether oxygens (including phenoxy) is 1. The molecule has 0 amide bonds. The third kappa shape index (κ3) is 5.08. The molecule has 2 aliphatic rings. The van der Waals surface area contributed by atoms with Crippen molar-refractivity contribution in [3.63, 3.8) is 0 Å². The fraction of sp³-hybridized carbons (Fsp3) is 0.303. The normalized spacial score (nSPS) is 19.0. The number of benzene rings is 2. The quantitative estimate of drug-likeness (QED) is 0.233. The Morgan fingerprint density at radius 3 is 2.46 bits per heavy atom. The lowest BCUT2D eigenvalue weighted by atomic mass is 9.96. The Balaban J connectivity index is 1.43.